The minimum Gasteiger partial charge on any atom is -0.480 e. The molecule has 2 rings (SSSR count). The topological polar surface area (TPSA) is 117 Å². The number of likely N-dealkylation sites (tertiary alicyclic amines) is 1. The number of aliphatic carboxylic acids is 1. The van der Waals surface area contributed by atoms with Gasteiger partial charge in [0.2, 0.25) is 0 Å². The molecule has 1 aromatic heterocycles. The van der Waals surface area contributed by atoms with Crippen molar-refractivity contribution < 1.29 is 19.6 Å². The zero-order chi connectivity index (χ0) is 15.8. The van der Waals surface area contributed by atoms with Crippen LogP contribution in [0, 0.1) is 15.5 Å². The number of aromatic amines is 1. The van der Waals surface area contributed by atoms with Gasteiger partial charge in [0, 0.05) is 12.6 Å². The Kier molecular flexibility index (Phi) is 3.71. The number of aromatic nitrogens is 1. The van der Waals surface area contributed by atoms with Crippen LogP contribution in [0.3, 0.4) is 0 Å². The van der Waals surface area contributed by atoms with Crippen LogP contribution in [0.5, 0.6) is 0 Å². The number of rotatable bonds is 3. The number of nitro groups is 1. The van der Waals surface area contributed by atoms with E-state index < -0.39 is 28.3 Å². The summed E-state index contributed by atoms with van der Waals surface area (Å²) in [5.41, 5.74) is -0.510. The lowest BCUT2D eigenvalue weighted by Gasteiger charge is -2.43. The van der Waals surface area contributed by atoms with Crippen LogP contribution in [0.25, 0.3) is 0 Å². The number of amides is 1. The summed E-state index contributed by atoms with van der Waals surface area (Å²) in [5, 5.41) is 20.1. The van der Waals surface area contributed by atoms with Crippen LogP contribution in [0.1, 0.15) is 37.2 Å². The molecule has 0 aromatic carbocycles. The van der Waals surface area contributed by atoms with Crippen molar-refractivity contribution in [3.63, 3.8) is 0 Å². The van der Waals surface area contributed by atoms with Gasteiger partial charge in [-0.05, 0) is 29.2 Å². The van der Waals surface area contributed by atoms with Crippen molar-refractivity contribution in [3.8, 4) is 0 Å². The monoisotopic (exact) mass is 295 g/mol. The maximum Gasteiger partial charge on any atom is 0.326 e. The summed E-state index contributed by atoms with van der Waals surface area (Å²) in [6.45, 7) is 3.94. The lowest BCUT2D eigenvalue weighted by atomic mass is 9.76. The first kappa shape index (κ1) is 15.0. The molecule has 1 atom stereocenters. The number of hydrogen-bond acceptors (Lipinski definition) is 4. The summed E-state index contributed by atoms with van der Waals surface area (Å²) in [6.07, 6.45) is 1.41. The van der Waals surface area contributed by atoms with E-state index >= 15 is 0 Å². The first-order valence-electron chi connectivity index (χ1n) is 6.61. The molecule has 1 aromatic rings. The summed E-state index contributed by atoms with van der Waals surface area (Å²) in [4.78, 5) is 37.7. The minimum atomic E-state index is -1.06. The van der Waals surface area contributed by atoms with Gasteiger partial charge in [-0.1, -0.05) is 13.8 Å². The summed E-state index contributed by atoms with van der Waals surface area (Å²) in [7, 11) is 0. The van der Waals surface area contributed by atoms with Gasteiger partial charge in [0.1, 0.15) is 6.04 Å². The fourth-order valence-corrected chi connectivity index (χ4v) is 2.85. The van der Waals surface area contributed by atoms with Gasteiger partial charge < -0.3 is 20.1 Å². The van der Waals surface area contributed by atoms with E-state index in [1.54, 1.807) is 0 Å². The number of hydrogen-bond donors (Lipinski definition) is 2. The molecule has 0 spiro atoms. The van der Waals surface area contributed by atoms with E-state index in [4.69, 9.17) is 0 Å². The van der Waals surface area contributed by atoms with Crippen LogP contribution < -0.4 is 0 Å². The van der Waals surface area contributed by atoms with E-state index in [9.17, 15) is 24.8 Å². The zero-order valence-electron chi connectivity index (χ0n) is 11.8. The molecule has 0 saturated carbocycles. The van der Waals surface area contributed by atoms with Crippen LogP contribution in [-0.4, -0.2) is 44.4 Å². The number of piperidine rings is 1. The van der Waals surface area contributed by atoms with Crippen LogP contribution in [-0.2, 0) is 4.79 Å². The Balaban J connectivity index is 2.31. The predicted octanol–water partition coefficient (Wildman–Crippen LogP) is 1.64. The number of nitrogens with zero attached hydrogens (tertiary/aromatic N) is 2. The van der Waals surface area contributed by atoms with Crippen molar-refractivity contribution in [2.45, 2.75) is 32.7 Å². The number of nitrogens with one attached hydrogen (secondary N) is 1. The second-order valence-corrected chi connectivity index (χ2v) is 5.85. The molecule has 1 amide bonds. The summed E-state index contributed by atoms with van der Waals surface area (Å²) in [5.74, 6) is -1.88. The highest BCUT2D eigenvalue weighted by molar-refractivity contribution is 5.95. The third-order valence-electron chi connectivity index (χ3n) is 3.86. The van der Waals surface area contributed by atoms with E-state index in [-0.39, 0.29) is 11.5 Å². The van der Waals surface area contributed by atoms with Crippen molar-refractivity contribution in [2.24, 2.45) is 5.41 Å². The minimum absolute atomic E-state index is 0.0330. The third kappa shape index (κ3) is 2.74. The van der Waals surface area contributed by atoms with Crippen molar-refractivity contribution in [2.75, 3.05) is 6.54 Å². The normalized spacial score (nSPS) is 21.0. The highest BCUT2D eigenvalue weighted by Crippen LogP contribution is 2.36. The Morgan fingerprint density at radius 2 is 2.14 bits per heavy atom. The molecule has 0 aliphatic carbocycles. The van der Waals surface area contributed by atoms with E-state index in [1.807, 2.05) is 13.8 Å². The highest BCUT2D eigenvalue weighted by atomic mass is 16.6. The summed E-state index contributed by atoms with van der Waals surface area (Å²) in [6, 6.07) is 1.56. The maximum atomic E-state index is 12.4. The Bertz CT molecular complexity index is 592. The zero-order valence-corrected chi connectivity index (χ0v) is 11.8. The molecular weight excluding hydrogens is 278 g/mol. The molecule has 1 saturated heterocycles. The van der Waals surface area contributed by atoms with Crippen molar-refractivity contribution in [3.05, 3.63) is 27.9 Å². The number of carbonyl (C=O) groups is 2. The Labute approximate surface area is 120 Å². The average molecular weight is 295 g/mol. The molecule has 1 aliphatic rings. The van der Waals surface area contributed by atoms with Crippen LogP contribution in [0.15, 0.2) is 12.1 Å². The average Bonchev–Trinajstić information content (AvgIpc) is 2.85. The van der Waals surface area contributed by atoms with Crippen LogP contribution in [0.2, 0.25) is 0 Å². The van der Waals surface area contributed by atoms with Gasteiger partial charge in [0.15, 0.2) is 5.69 Å². The Hall–Kier alpha value is -2.38. The van der Waals surface area contributed by atoms with E-state index in [1.165, 1.54) is 17.0 Å². The van der Waals surface area contributed by atoms with Crippen molar-refractivity contribution >= 4 is 17.7 Å². The molecule has 2 heterocycles. The van der Waals surface area contributed by atoms with Gasteiger partial charge in [0.05, 0.1) is 0 Å². The van der Waals surface area contributed by atoms with Gasteiger partial charge in [-0.25, -0.2) is 9.78 Å². The second-order valence-electron chi connectivity index (χ2n) is 5.85. The molecule has 8 nitrogen and oxygen atoms in total. The molecule has 21 heavy (non-hydrogen) atoms. The fraction of sp³-hybridized carbons (Fsp3) is 0.538. The number of H-pyrrole nitrogens is 1. The summed E-state index contributed by atoms with van der Waals surface area (Å²) >= 11 is 0. The van der Waals surface area contributed by atoms with Gasteiger partial charge in [-0.15, -0.1) is 0 Å². The molecule has 0 radical (unpaired) electrons. The largest absolute Gasteiger partial charge is 0.480 e. The van der Waals surface area contributed by atoms with Crippen molar-refractivity contribution in [1.82, 2.24) is 9.88 Å². The van der Waals surface area contributed by atoms with E-state index in [0.717, 1.165) is 0 Å². The molecule has 1 aliphatic heterocycles. The third-order valence-corrected chi connectivity index (χ3v) is 3.86. The van der Waals surface area contributed by atoms with E-state index in [0.29, 0.717) is 19.4 Å². The lowest BCUT2D eigenvalue weighted by Crippen LogP contribution is -2.56. The van der Waals surface area contributed by atoms with Crippen LogP contribution in [0.4, 0.5) is 5.82 Å². The predicted molar refractivity (Wildman–Crippen MR) is 72.9 cm³/mol. The van der Waals surface area contributed by atoms with E-state index in [2.05, 4.69) is 4.98 Å². The SMILES string of the molecule is CC1(C)CCCN(C(=O)c2ccc([N+](=O)[O-])[nH]2)C1C(=O)O. The maximum absolute atomic E-state index is 12.4. The van der Waals surface area contributed by atoms with Gasteiger partial charge in [0.25, 0.3) is 5.91 Å². The fourth-order valence-electron chi connectivity index (χ4n) is 2.85. The van der Waals surface area contributed by atoms with Crippen LogP contribution >= 0.6 is 0 Å². The highest BCUT2D eigenvalue weighted by Gasteiger charge is 2.45. The molecule has 2 N–H and O–H groups in total. The molecule has 8 heteroatoms. The molecule has 0 bridgehead atoms. The molecule has 1 unspecified atom stereocenters. The van der Waals surface area contributed by atoms with Gasteiger partial charge in [-0.2, -0.15) is 0 Å². The number of carboxylic acids is 1. The number of carboxylic acid groups (broad SMARTS) is 1. The Morgan fingerprint density at radius 1 is 1.48 bits per heavy atom. The smallest absolute Gasteiger partial charge is 0.326 e. The van der Waals surface area contributed by atoms with Gasteiger partial charge >= 0.3 is 11.8 Å². The van der Waals surface area contributed by atoms with Gasteiger partial charge in [-0.3, -0.25) is 4.79 Å². The summed E-state index contributed by atoms with van der Waals surface area (Å²) < 4.78 is 0. The number of carbonyl (C=O) groups excluding carboxylic acids is 1. The quantitative estimate of drug-likeness (QED) is 0.649. The first-order chi connectivity index (χ1) is 9.74. The molecule has 114 valence electrons. The lowest BCUT2D eigenvalue weighted by molar-refractivity contribution is -0.389. The standard InChI is InChI=1S/C13H17N3O5/c1-13(2)6-3-7-15(10(13)12(18)19)11(17)8-4-5-9(14-8)16(20)21/h4-5,10,14H,3,6-7H2,1-2H3,(H,18,19). The molecular formula is C13H17N3O5. The molecule has 1 fully saturated rings. The van der Waals surface area contributed by atoms with Crippen molar-refractivity contribution in [1.29, 1.82) is 0 Å². The second kappa shape index (κ2) is 5.19. The first-order valence-corrected chi connectivity index (χ1v) is 6.61. The Morgan fingerprint density at radius 3 is 2.67 bits per heavy atom.